The Bertz CT molecular complexity index is 1410. The van der Waals surface area contributed by atoms with E-state index in [1.54, 1.807) is 24.3 Å². The second-order valence-electron chi connectivity index (χ2n) is 7.33. The van der Waals surface area contributed by atoms with Crippen molar-refractivity contribution in [2.75, 3.05) is 10.2 Å². The maximum absolute atomic E-state index is 13.5. The molecule has 5 rings (SSSR count). The minimum Gasteiger partial charge on any atom is -0.350 e. The molecule has 0 aromatic heterocycles. The zero-order chi connectivity index (χ0) is 22.2. The van der Waals surface area contributed by atoms with Crippen molar-refractivity contribution in [3.8, 4) is 0 Å². The summed E-state index contributed by atoms with van der Waals surface area (Å²) >= 11 is 6.10. The monoisotopic (exact) mass is 442 g/mol. The van der Waals surface area contributed by atoms with Gasteiger partial charge in [0.05, 0.1) is 11.3 Å². The van der Waals surface area contributed by atoms with Gasteiger partial charge in [0.15, 0.2) is 0 Å². The molecule has 0 unspecified atom stereocenters. The van der Waals surface area contributed by atoms with Crippen LogP contribution in [0.2, 0.25) is 5.02 Å². The molecular formula is C26H16ClFN2O2. The van der Waals surface area contributed by atoms with Gasteiger partial charge in [-0.3, -0.25) is 9.59 Å². The summed E-state index contributed by atoms with van der Waals surface area (Å²) in [5, 5.41) is 5.48. The van der Waals surface area contributed by atoms with Crippen molar-refractivity contribution >= 4 is 51.1 Å². The number of amides is 2. The highest BCUT2D eigenvalue weighted by Crippen LogP contribution is 2.35. The minimum atomic E-state index is -0.510. The predicted molar refractivity (Wildman–Crippen MR) is 125 cm³/mol. The first-order valence-corrected chi connectivity index (χ1v) is 10.3. The van der Waals surface area contributed by atoms with Crippen LogP contribution >= 0.6 is 11.6 Å². The Hall–Kier alpha value is -3.96. The largest absolute Gasteiger partial charge is 0.350 e. The number of rotatable bonds is 4. The molecule has 0 saturated heterocycles. The van der Waals surface area contributed by atoms with Gasteiger partial charge in [0, 0.05) is 16.1 Å². The highest BCUT2D eigenvalue weighted by molar-refractivity contribution is 6.46. The van der Waals surface area contributed by atoms with Gasteiger partial charge in [0.2, 0.25) is 0 Å². The predicted octanol–water partition coefficient (Wildman–Crippen LogP) is 6.03. The summed E-state index contributed by atoms with van der Waals surface area (Å²) in [5.74, 6) is -1.45. The number of halogens is 2. The van der Waals surface area contributed by atoms with E-state index in [2.05, 4.69) is 5.32 Å². The molecule has 1 aliphatic rings. The third-order valence-corrected chi connectivity index (χ3v) is 5.57. The standard InChI is InChI=1S/C26H16ClFN2O2/c27-18-7-4-8-20(15-18)30-25(31)23(17-11-13-19(28)14-12-17)24(26(30)32)29-22-10-3-6-16-5-1-2-9-21(16)22/h1-15,29H. The lowest BCUT2D eigenvalue weighted by molar-refractivity contribution is -0.120. The van der Waals surface area contributed by atoms with Crippen LogP contribution in [0.25, 0.3) is 16.3 Å². The summed E-state index contributed by atoms with van der Waals surface area (Å²) < 4.78 is 13.5. The van der Waals surface area contributed by atoms with Gasteiger partial charge < -0.3 is 5.32 Å². The van der Waals surface area contributed by atoms with Crippen LogP contribution in [0.5, 0.6) is 0 Å². The van der Waals surface area contributed by atoms with Crippen molar-refractivity contribution in [1.82, 2.24) is 0 Å². The number of hydrogen-bond donors (Lipinski definition) is 1. The first-order chi connectivity index (χ1) is 15.5. The molecule has 4 aromatic carbocycles. The Balaban J connectivity index is 1.66. The molecule has 4 nitrogen and oxygen atoms in total. The lowest BCUT2D eigenvalue weighted by Gasteiger charge is -2.16. The maximum Gasteiger partial charge on any atom is 0.282 e. The van der Waals surface area contributed by atoms with Gasteiger partial charge in [-0.05, 0) is 47.3 Å². The van der Waals surface area contributed by atoms with Gasteiger partial charge in [-0.25, -0.2) is 9.29 Å². The Kier molecular flexibility index (Phi) is 4.96. The molecule has 4 aromatic rings. The van der Waals surface area contributed by atoms with E-state index in [0.29, 0.717) is 22.0 Å². The van der Waals surface area contributed by atoms with Gasteiger partial charge in [-0.2, -0.15) is 0 Å². The number of carbonyl (C=O) groups excluding carboxylic acids is 2. The van der Waals surface area contributed by atoms with Gasteiger partial charge >= 0.3 is 0 Å². The van der Waals surface area contributed by atoms with Gasteiger partial charge in [-0.1, -0.05) is 66.2 Å². The molecule has 0 aliphatic carbocycles. The van der Waals surface area contributed by atoms with Gasteiger partial charge in [0.1, 0.15) is 11.5 Å². The Morgan fingerprint density at radius 3 is 2.28 bits per heavy atom. The fourth-order valence-corrected chi connectivity index (χ4v) is 4.03. The Morgan fingerprint density at radius 1 is 0.781 bits per heavy atom. The fourth-order valence-electron chi connectivity index (χ4n) is 3.85. The molecule has 32 heavy (non-hydrogen) atoms. The molecule has 156 valence electrons. The average Bonchev–Trinajstić information content (AvgIpc) is 3.04. The van der Waals surface area contributed by atoms with E-state index in [4.69, 9.17) is 11.6 Å². The number of carbonyl (C=O) groups is 2. The maximum atomic E-state index is 13.5. The highest BCUT2D eigenvalue weighted by atomic mass is 35.5. The number of nitrogens with one attached hydrogen (secondary N) is 1. The van der Waals surface area contributed by atoms with Crippen LogP contribution in [0.15, 0.2) is 96.7 Å². The van der Waals surface area contributed by atoms with E-state index in [0.717, 1.165) is 15.7 Å². The van der Waals surface area contributed by atoms with Crippen molar-refractivity contribution in [2.45, 2.75) is 0 Å². The zero-order valence-corrected chi connectivity index (χ0v) is 17.4. The topological polar surface area (TPSA) is 49.4 Å². The fraction of sp³-hybridized carbons (Fsp3) is 0. The van der Waals surface area contributed by atoms with Crippen LogP contribution in [0, 0.1) is 5.82 Å². The third kappa shape index (κ3) is 3.43. The first kappa shape index (κ1) is 20.0. The zero-order valence-electron chi connectivity index (χ0n) is 16.7. The summed E-state index contributed by atoms with van der Waals surface area (Å²) in [4.78, 5) is 28.0. The van der Waals surface area contributed by atoms with Crippen molar-refractivity contribution in [1.29, 1.82) is 0 Å². The minimum absolute atomic E-state index is 0.123. The second kappa shape index (κ2) is 7.94. The first-order valence-electron chi connectivity index (χ1n) is 9.92. The third-order valence-electron chi connectivity index (χ3n) is 5.33. The molecular weight excluding hydrogens is 427 g/mol. The molecule has 0 bridgehead atoms. The summed E-state index contributed by atoms with van der Waals surface area (Å²) in [6.07, 6.45) is 0. The van der Waals surface area contributed by atoms with E-state index in [1.807, 2.05) is 42.5 Å². The van der Waals surface area contributed by atoms with Gasteiger partial charge in [0.25, 0.3) is 11.8 Å². The molecule has 6 heteroatoms. The van der Waals surface area contributed by atoms with E-state index in [9.17, 15) is 14.0 Å². The SMILES string of the molecule is O=C1C(Nc2cccc3ccccc23)=C(c2ccc(F)cc2)C(=O)N1c1cccc(Cl)c1. The van der Waals surface area contributed by atoms with Crippen LogP contribution in [0.1, 0.15) is 5.56 Å². The van der Waals surface area contributed by atoms with E-state index in [1.165, 1.54) is 24.3 Å². The lowest BCUT2D eigenvalue weighted by Crippen LogP contribution is -2.32. The smallest absolute Gasteiger partial charge is 0.282 e. The van der Waals surface area contributed by atoms with Crippen molar-refractivity contribution in [2.24, 2.45) is 0 Å². The van der Waals surface area contributed by atoms with Crippen LogP contribution in [0.4, 0.5) is 15.8 Å². The van der Waals surface area contributed by atoms with E-state index in [-0.39, 0.29) is 11.3 Å². The Labute approximate surface area is 188 Å². The molecule has 0 radical (unpaired) electrons. The molecule has 1 aliphatic heterocycles. The number of anilines is 2. The quantitative estimate of drug-likeness (QED) is 0.393. The number of hydrogen-bond acceptors (Lipinski definition) is 3. The van der Waals surface area contributed by atoms with Crippen molar-refractivity contribution in [3.05, 3.63) is 113 Å². The summed E-state index contributed by atoms with van der Waals surface area (Å²) in [5.41, 5.74) is 1.78. The summed E-state index contributed by atoms with van der Waals surface area (Å²) in [6.45, 7) is 0. The molecule has 0 fully saturated rings. The second-order valence-corrected chi connectivity index (χ2v) is 7.77. The summed E-state index contributed by atoms with van der Waals surface area (Å²) in [6, 6.07) is 25.5. The molecule has 0 atom stereocenters. The average molecular weight is 443 g/mol. The molecule has 1 N–H and O–H groups in total. The lowest BCUT2D eigenvalue weighted by atomic mass is 10.0. The molecule has 0 saturated carbocycles. The molecule has 2 amide bonds. The van der Waals surface area contributed by atoms with E-state index >= 15 is 0 Å². The number of nitrogens with zero attached hydrogens (tertiary/aromatic N) is 1. The number of benzene rings is 4. The Morgan fingerprint density at radius 2 is 1.50 bits per heavy atom. The number of imide groups is 1. The van der Waals surface area contributed by atoms with Crippen LogP contribution < -0.4 is 10.2 Å². The van der Waals surface area contributed by atoms with Crippen LogP contribution in [0.3, 0.4) is 0 Å². The van der Waals surface area contributed by atoms with E-state index < -0.39 is 17.6 Å². The van der Waals surface area contributed by atoms with Crippen molar-refractivity contribution in [3.63, 3.8) is 0 Å². The van der Waals surface area contributed by atoms with Gasteiger partial charge in [-0.15, -0.1) is 0 Å². The van der Waals surface area contributed by atoms with Crippen molar-refractivity contribution < 1.29 is 14.0 Å². The highest BCUT2D eigenvalue weighted by Gasteiger charge is 2.40. The van der Waals surface area contributed by atoms with Crippen LogP contribution in [-0.2, 0) is 9.59 Å². The molecule has 0 spiro atoms. The number of fused-ring (bicyclic) bond motifs is 1. The summed E-state index contributed by atoms with van der Waals surface area (Å²) in [7, 11) is 0. The normalized spacial score (nSPS) is 13.9. The van der Waals surface area contributed by atoms with Crippen LogP contribution in [-0.4, -0.2) is 11.8 Å². The molecule has 1 heterocycles.